The summed E-state index contributed by atoms with van der Waals surface area (Å²) in [6, 6.07) is 0. The first-order valence-corrected chi connectivity index (χ1v) is 8.99. The number of thiazole rings is 1. The zero-order chi connectivity index (χ0) is 16.2. The first kappa shape index (κ1) is 16.3. The van der Waals surface area contributed by atoms with Gasteiger partial charge in [-0.15, -0.1) is 11.3 Å². The third-order valence-electron chi connectivity index (χ3n) is 4.37. The molecule has 23 heavy (non-hydrogen) atoms. The molecule has 0 saturated carbocycles. The number of nitrogens with zero attached hydrogens (tertiary/aromatic N) is 4. The summed E-state index contributed by atoms with van der Waals surface area (Å²) in [6.07, 6.45) is 5.74. The highest BCUT2D eigenvalue weighted by Gasteiger charge is 2.21. The number of rotatable bonds is 5. The fourth-order valence-electron chi connectivity index (χ4n) is 2.97. The van der Waals surface area contributed by atoms with E-state index in [9.17, 15) is 0 Å². The predicted molar refractivity (Wildman–Crippen MR) is 91.9 cm³/mol. The standard InChI is InChI=1S/C17H24N4OS/c1-12-16(23-14(3)20-12)10-21-8-4-15(5-9-21)11-22-17-13(2)18-6-7-19-17/h6-7,15H,4-5,8-11H2,1-3H3. The van der Waals surface area contributed by atoms with E-state index in [2.05, 4.69) is 33.7 Å². The van der Waals surface area contributed by atoms with Crippen LogP contribution in [0.3, 0.4) is 0 Å². The fraction of sp³-hybridized carbons (Fsp3) is 0.588. The van der Waals surface area contributed by atoms with Gasteiger partial charge in [-0.3, -0.25) is 9.88 Å². The molecular formula is C17H24N4OS. The highest BCUT2D eigenvalue weighted by molar-refractivity contribution is 7.11. The summed E-state index contributed by atoms with van der Waals surface area (Å²) in [5.41, 5.74) is 2.05. The summed E-state index contributed by atoms with van der Waals surface area (Å²) in [6.45, 7) is 10.2. The van der Waals surface area contributed by atoms with E-state index in [0.717, 1.165) is 31.9 Å². The van der Waals surface area contributed by atoms with Gasteiger partial charge in [0.2, 0.25) is 5.88 Å². The van der Waals surface area contributed by atoms with Gasteiger partial charge in [0.15, 0.2) is 0 Å². The summed E-state index contributed by atoms with van der Waals surface area (Å²) in [5, 5.41) is 1.17. The average Bonchev–Trinajstić information content (AvgIpc) is 2.85. The molecule has 2 aromatic heterocycles. The molecule has 2 aromatic rings. The van der Waals surface area contributed by atoms with Crippen molar-refractivity contribution in [3.8, 4) is 5.88 Å². The molecule has 1 saturated heterocycles. The first-order valence-electron chi connectivity index (χ1n) is 8.17. The van der Waals surface area contributed by atoms with Crippen LogP contribution in [-0.2, 0) is 6.54 Å². The van der Waals surface area contributed by atoms with E-state index < -0.39 is 0 Å². The average molecular weight is 332 g/mol. The molecule has 1 fully saturated rings. The molecule has 0 unspecified atom stereocenters. The molecule has 0 atom stereocenters. The lowest BCUT2D eigenvalue weighted by Gasteiger charge is -2.31. The van der Waals surface area contributed by atoms with E-state index in [1.54, 1.807) is 12.4 Å². The van der Waals surface area contributed by atoms with E-state index in [1.807, 2.05) is 18.3 Å². The number of likely N-dealkylation sites (tertiary alicyclic amines) is 1. The molecule has 1 aliphatic heterocycles. The van der Waals surface area contributed by atoms with Crippen LogP contribution < -0.4 is 4.74 Å². The third kappa shape index (κ3) is 4.26. The van der Waals surface area contributed by atoms with Crippen molar-refractivity contribution in [2.24, 2.45) is 5.92 Å². The second kappa shape index (κ2) is 7.36. The molecule has 0 aliphatic carbocycles. The summed E-state index contributed by atoms with van der Waals surface area (Å²) in [5.74, 6) is 1.28. The summed E-state index contributed by atoms with van der Waals surface area (Å²) in [7, 11) is 0. The quantitative estimate of drug-likeness (QED) is 0.842. The smallest absolute Gasteiger partial charge is 0.235 e. The molecule has 6 heteroatoms. The molecule has 0 radical (unpaired) electrons. The largest absolute Gasteiger partial charge is 0.476 e. The van der Waals surface area contributed by atoms with Gasteiger partial charge >= 0.3 is 0 Å². The van der Waals surface area contributed by atoms with Gasteiger partial charge in [-0.2, -0.15) is 0 Å². The van der Waals surface area contributed by atoms with Crippen LogP contribution in [0.1, 0.15) is 34.1 Å². The van der Waals surface area contributed by atoms with Crippen LogP contribution in [0.2, 0.25) is 0 Å². The first-order chi connectivity index (χ1) is 11.1. The lowest BCUT2D eigenvalue weighted by Crippen LogP contribution is -2.35. The van der Waals surface area contributed by atoms with E-state index in [0.29, 0.717) is 11.8 Å². The SMILES string of the molecule is Cc1nc(C)c(CN2CCC(COc3nccnc3C)CC2)s1. The van der Waals surface area contributed by atoms with E-state index in [-0.39, 0.29) is 0 Å². The predicted octanol–water partition coefficient (Wildman–Crippen LogP) is 3.15. The molecule has 124 valence electrons. The Morgan fingerprint density at radius 2 is 1.87 bits per heavy atom. The van der Waals surface area contributed by atoms with Crippen LogP contribution in [0.4, 0.5) is 0 Å². The van der Waals surface area contributed by atoms with E-state index in [1.165, 1.54) is 28.4 Å². The van der Waals surface area contributed by atoms with Crippen molar-refractivity contribution >= 4 is 11.3 Å². The van der Waals surface area contributed by atoms with Crippen LogP contribution >= 0.6 is 11.3 Å². The minimum atomic E-state index is 0.608. The van der Waals surface area contributed by atoms with Crippen LogP contribution in [0, 0.1) is 26.7 Å². The number of aryl methyl sites for hydroxylation is 3. The van der Waals surface area contributed by atoms with Gasteiger partial charge in [0, 0.05) is 23.8 Å². The lowest BCUT2D eigenvalue weighted by atomic mass is 9.98. The summed E-state index contributed by atoms with van der Waals surface area (Å²) >= 11 is 1.83. The van der Waals surface area contributed by atoms with Crippen LogP contribution in [0.15, 0.2) is 12.4 Å². The van der Waals surface area contributed by atoms with Crippen molar-refractivity contribution in [2.75, 3.05) is 19.7 Å². The van der Waals surface area contributed by atoms with Crippen molar-refractivity contribution in [2.45, 2.75) is 40.2 Å². The van der Waals surface area contributed by atoms with Gasteiger partial charge in [-0.25, -0.2) is 9.97 Å². The third-order valence-corrected chi connectivity index (χ3v) is 5.42. The number of aromatic nitrogens is 3. The molecule has 5 nitrogen and oxygen atoms in total. The lowest BCUT2D eigenvalue weighted by molar-refractivity contribution is 0.134. The Morgan fingerprint density at radius 1 is 1.13 bits per heavy atom. The van der Waals surface area contributed by atoms with Crippen molar-refractivity contribution in [1.82, 2.24) is 19.9 Å². The fourth-order valence-corrected chi connectivity index (χ4v) is 3.95. The molecule has 0 N–H and O–H groups in total. The number of hydrogen-bond acceptors (Lipinski definition) is 6. The van der Waals surface area contributed by atoms with Crippen molar-refractivity contribution < 1.29 is 4.74 Å². The Kier molecular flexibility index (Phi) is 5.23. The monoisotopic (exact) mass is 332 g/mol. The van der Waals surface area contributed by atoms with Gasteiger partial charge < -0.3 is 4.74 Å². The maximum absolute atomic E-state index is 5.85. The highest BCUT2D eigenvalue weighted by Crippen LogP contribution is 2.24. The zero-order valence-corrected chi connectivity index (χ0v) is 14.9. The van der Waals surface area contributed by atoms with Crippen LogP contribution in [-0.4, -0.2) is 39.5 Å². The van der Waals surface area contributed by atoms with Gasteiger partial charge in [-0.05, 0) is 52.6 Å². The molecule has 0 spiro atoms. The Balaban J connectivity index is 1.45. The number of hydrogen-bond donors (Lipinski definition) is 0. The molecule has 3 heterocycles. The maximum atomic E-state index is 5.85. The van der Waals surface area contributed by atoms with E-state index >= 15 is 0 Å². The minimum Gasteiger partial charge on any atom is -0.476 e. The van der Waals surface area contributed by atoms with Gasteiger partial charge in [0.05, 0.1) is 23.0 Å². The molecule has 3 rings (SSSR count). The Morgan fingerprint density at radius 3 is 2.52 bits per heavy atom. The van der Waals surface area contributed by atoms with Crippen LogP contribution in [0.25, 0.3) is 0 Å². The normalized spacial score (nSPS) is 16.7. The Labute approximate surface area is 141 Å². The second-order valence-electron chi connectivity index (χ2n) is 6.22. The topological polar surface area (TPSA) is 51.1 Å². The van der Waals surface area contributed by atoms with Gasteiger partial charge in [0.1, 0.15) is 0 Å². The number of piperidine rings is 1. The molecule has 0 aromatic carbocycles. The molecule has 0 amide bonds. The highest BCUT2D eigenvalue weighted by atomic mass is 32.1. The Bertz CT molecular complexity index is 650. The zero-order valence-electron chi connectivity index (χ0n) is 14.1. The van der Waals surface area contributed by atoms with Crippen molar-refractivity contribution in [1.29, 1.82) is 0 Å². The van der Waals surface area contributed by atoms with Gasteiger partial charge in [-0.1, -0.05) is 0 Å². The number of ether oxygens (including phenoxy) is 1. The van der Waals surface area contributed by atoms with E-state index in [4.69, 9.17) is 4.74 Å². The molecule has 1 aliphatic rings. The molecular weight excluding hydrogens is 308 g/mol. The van der Waals surface area contributed by atoms with Crippen LogP contribution in [0.5, 0.6) is 5.88 Å². The van der Waals surface area contributed by atoms with Gasteiger partial charge in [0.25, 0.3) is 0 Å². The summed E-state index contributed by atoms with van der Waals surface area (Å²) < 4.78 is 5.85. The maximum Gasteiger partial charge on any atom is 0.235 e. The van der Waals surface area contributed by atoms with Crippen molar-refractivity contribution in [3.63, 3.8) is 0 Å². The summed E-state index contributed by atoms with van der Waals surface area (Å²) in [4.78, 5) is 16.9. The molecule has 0 bridgehead atoms. The Hall–Kier alpha value is -1.53. The van der Waals surface area contributed by atoms with Crippen molar-refractivity contribution in [3.05, 3.63) is 33.7 Å². The minimum absolute atomic E-state index is 0.608. The second-order valence-corrected chi connectivity index (χ2v) is 7.51.